The van der Waals surface area contributed by atoms with Gasteiger partial charge in [0.2, 0.25) is 0 Å². The fraction of sp³-hybridized carbons (Fsp3) is 0.724. The minimum atomic E-state index is -2.20. The number of hydrogen-bond acceptors (Lipinski definition) is 4. The normalized spacial score (nSPS) is 26.4. The van der Waals surface area contributed by atoms with Crippen molar-refractivity contribution in [1.29, 1.82) is 0 Å². The van der Waals surface area contributed by atoms with E-state index in [0.29, 0.717) is 6.61 Å². The molecule has 1 aromatic rings. The van der Waals surface area contributed by atoms with Crippen LogP contribution in [0.2, 0.25) is 17.7 Å². The van der Waals surface area contributed by atoms with Crippen LogP contribution in [0.25, 0.3) is 0 Å². The van der Waals surface area contributed by atoms with E-state index < -0.39 is 24.2 Å². The Balaban J connectivity index is 1.70. The van der Waals surface area contributed by atoms with E-state index >= 15 is 0 Å². The quantitative estimate of drug-likeness (QED) is 0.157. The molecule has 4 atom stereocenters. The van der Waals surface area contributed by atoms with Crippen molar-refractivity contribution >= 4 is 18.4 Å². The van der Waals surface area contributed by atoms with E-state index in [4.69, 9.17) is 18.9 Å². The number of ether oxygens (including phenoxy) is 4. The summed E-state index contributed by atoms with van der Waals surface area (Å²) in [5.41, 5.74) is 1.17. The number of fused-ring (bicyclic) bond motifs is 1. The van der Waals surface area contributed by atoms with Gasteiger partial charge in [-0.3, -0.25) is 0 Å². The van der Waals surface area contributed by atoms with Crippen molar-refractivity contribution in [2.75, 3.05) is 0 Å². The zero-order valence-corrected chi connectivity index (χ0v) is 25.1. The summed E-state index contributed by atoms with van der Waals surface area (Å²) in [7, 11) is 0. The second-order valence-electron chi connectivity index (χ2n) is 10.8. The van der Waals surface area contributed by atoms with Crippen LogP contribution >= 0.6 is 0 Å². The molecule has 3 rings (SSSR count). The molecule has 0 aliphatic carbocycles. The predicted octanol–water partition coefficient (Wildman–Crippen LogP) is 7.85. The molecule has 2 aliphatic rings. The third kappa shape index (κ3) is 8.06. The van der Waals surface area contributed by atoms with Gasteiger partial charge in [-0.25, -0.2) is 0 Å². The molecule has 0 aromatic heterocycles. The Morgan fingerprint density at radius 1 is 0.912 bits per heavy atom. The molecule has 2 fully saturated rings. The Morgan fingerprint density at radius 2 is 1.53 bits per heavy atom. The summed E-state index contributed by atoms with van der Waals surface area (Å²) in [6.07, 6.45) is 12.1. The Hall–Kier alpha value is -0.401. The average molecular weight is 579 g/mol. The fourth-order valence-electron chi connectivity index (χ4n) is 5.40. The van der Waals surface area contributed by atoms with E-state index in [-0.39, 0.29) is 24.6 Å². The second-order valence-corrected chi connectivity index (χ2v) is 24.8. The summed E-state index contributed by atoms with van der Waals surface area (Å²) in [5.74, 6) is -0.634. The molecule has 0 unspecified atom stereocenters. The fourth-order valence-corrected chi connectivity index (χ4v) is 20.6. The molecule has 0 saturated carbocycles. The molecule has 0 radical (unpaired) electrons. The van der Waals surface area contributed by atoms with Gasteiger partial charge in [0.25, 0.3) is 0 Å². The Bertz CT molecular complexity index is 713. The molecular formula is C29H48O4Sn. The van der Waals surface area contributed by atoms with Gasteiger partial charge in [-0.2, -0.15) is 0 Å². The molecule has 0 N–H and O–H groups in total. The number of rotatable bonds is 15. The van der Waals surface area contributed by atoms with E-state index in [1.165, 1.54) is 61.8 Å². The van der Waals surface area contributed by atoms with Crippen LogP contribution in [0.15, 0.2) is 42.5 Å². The van der Waals surface area contributed by atoms with Gasteiger partial charge in [-0.15, -0.1) is 0 Å². The van der Waals surface area contributed by atoms with Crippen molar-refractivity contribution < 1.29 is 18.9 Å². The van der Waals surface area contributed by atoms with Gasteiger partial charge < -0.3 is 0 Å². The second kappa shape index (κ2) is 13.8. The molecule has 192 valence electrons. The molecule has 2 heterocycles. The van der Waals surface area contributed by atoms with Crippen molar-refractivity contribution in [2.45, 2.75) is 128 Å². The monoisotopic (exact) mass is 580 g/mol. The molecule has 1 aromatic carbocycles. The summed E-state index contributed by atoms with van der Waals surface area (Å²) in [4.78, 5) is 0. The maximum atomic E-state index is 6.42. The number of benzene rings is 1. The zero-order chi connectivity index (χ0) is 24.4. The maximum absolute atomic E-state index is 6.42. The van der Waals surface area contributed by atoms with Crippen molar-refractivity contribution in [3.8, 4) is 0 Å². The van der Waals surface area contributed by atoms with Crippen molar-refractivity contribution in [3.63, 3.8) is 0 Å². The summed E-state index contributed by atoms with van der Waals surface area (Å²) in [5, 5.41) is 0. The van der Waals surface area contributed by atoms with Crippen LogP contribution in [0, 0.1) is 0 Å². The molecule has 0 spiro atoms. The molecule has 2 aliphatic heterocycles. The van der Waals surface area contributed by atoms with Crippen LogP contribution in [0.5, 0.6) is 0 Å². The van der Waals surface area contributed by atoms with Gasteiger partial charge in [0.1, 0.15) is 0 Å². The van der Waals surface area contributed by atoms with E-state index in [1.54, 1.807) is 0 Å². The molecule has 0 bridgehead atoms. The van der Waals surface area contributed by atoms with E-state index in [0.717, 1.165) is 0 Å². The van der Waals surface area contributed by atoms with Crippen LogP contribution < -0.4 is 0 Å². The molecule has 5 heteroatoms. The summed E-state index contributed by atoms with van der Waals surface area (Å²) >= 11 is -2.20. The van der Waals surface area contributed by atoms with E-state index in [1.807, 2.05) is 19.9 Å². The van der Waals surface area contributed by atoms with Crippen LogP contribution in [-0.4, -0.2) is 48.8 Å². The van der Waals surface area contributed by atoms with Crippen LogP contribution in [-0.2, 0) is 25.6 Å². The molecule has 34 heavy (non-hydrogen) atoms. The van der Waals surface area contributed by atoms with Crippen molar-refractivity contribution in [1.82, 2.24) is 0 Å². The molecule has 4 nitrogen and oxygen atoms in total. The zero-order valence-electron chi connectivity index (χ0n) is 22.3. The number of hydrogen-bond donors (Lipinski definition) is 0. The van der Waals surface area contributed by atoms with Gasteiger partial charge in [-0.05, 0) is 0 Å². The average Bonchev–Trinajstić information content (AvgIpc) is 3.30. The van der Waals surface area contributed by atoms with Crippen molar-refractivity contribution in [3.05, 3.63) is 48.0 Å². The first kappa shape index (κ1) is 28.2. The summed E-state index contributed by atoms with van der Waals surface area (Å²) in [6.45, 7) is 11.5. The van der Waals surface area contributed by atoms with E-state index in [2.05, 4.69) is 57.2 Å². The van der Waals surface area contributed by atoms with Crippen molar-refractivity contribution in [2.24, 2.45) is 0 Å². The van der Waals surface area contributed by atoms with Gasteiger partial charge in [0.05, 0.1) is 0 Å². The first-order valence-corrected chi connectivity index (χ1v) is 21.8. The topological polar surface area (TPSA) is 36.9 Å². The first-order chi connectivity index (χ1) is 16.4. The third-order valence-corrected chi connectivity index (χ3v) is 22.6. The van der Waals surface area contributed by atoms with Gasteiger partial charge >= 0.3 is 213 Å². The predicted molar refractivity (Wildman–Crippen MR) is 143 cm³/mol. The minimum absolute atomic E-state index is 0.123. The summed E-state index contributed by atoms with van der Waals surface area (Å²) in [6, 6.07) is 10.3. The Morgan fingerprint density at radius 3 is 2.12 bits per heavy atom. The molecule has 2 saturated heterocycles. The van der Waals surface area contributed by atoms with Gasteiger partial charge in [0.15, 0.2) is 0 Å². The Kier molecular flexibility index (Phi) is 11.4. The Labute approximate surface area is 212 Å². The van der Waals surface area contributed by atoms with Crippen LogP contribution in [0.3, 0.4) is 0 Å². The van der Waals surface area contributed by atoms with Gasteiger partial charge in [-0.1, -0.05) is 0 Å². The third-order valence-electron chi connectivity index (χ3n) is 7.37. The van der Waals surface area contributed by atoms with Crippen LogP contribution in [0.4, 0.5) is 0 Å². The van der Waals surface area contributed by atoms with Crippen LogP contribution in [0.1, 0.15) is 78.7 Å². The molecular weight excluding hydrogens is 531 g/mol. The summed E-state index contributed by atoms with van der Waals surface area (Å²) < 4.78 is 30.9. The standard InChI is InChI=1S/C17H21O4.3C4H9.Sn/c1-4-8-13-14(18-11-12-9-6-5-7-10-12)15-16(19-13)21-17(2,3)20-15;3*1-3-4-2;/h4-10,13-16H,1,11H2,2-3H3;3*1,3-4H2,2H3;/b8-4-;;;;/t13-,14+,15-,16-;;;;/m1..../s1. The molecule has 0 amide bonds. The SMILES string of the molecule is CCC[CH2][Sn]([CH2]/C=C\[C@H]1O[C@@H]2OC(C)(C)O[C@@H]2[C@H]1OCc1ccccc1)([CH2]CCC)[CH2]CCC. The van der Waals surface area contributed by atoms with E-state index in [9.17, 15) is 0 Å². The number of unbranched alkanes of at least 4 members (excludes halogenated alkanes) is 3. The first-order valence-electron chi connectivity index (χ1n) is 13.8. The number of allylic oxidation sites excluding steroid dienone is 1. The van der Waals surface area contributed by atoms with Gasteiger partial charge in [0, 0.05) is 0 Å².